The summed E-state index contributed by atoms with van der Waals surface area (Å²) < 4.78 is 23.0. The van der Waals surface area contributed by atoms with E-state index in [0.717, 1.165) is 6.42 Å². The van der Waals surface area contributed by atoms with Crippen molar-refractivity contribution in [3.05, 3.63) is 35.4 Å². The Kier molecular flexibility index (Phi) is 3.30. The van der Waals surface area contributed by atoms with Crippen LogP contribution in [0.15, 0.2) is 24.3 Å². The Balaban J connectivity index is 2.08. The van der Waals surface area contributed by atoms with Gasteiger partial charge in [0.15, 0.2) is 9.84 Å². The SMILES string of the molecule is Cc1ccccc1CC1CS(=O)(=O)CCN1. The number of sulfone groups is 1. The molecule has 1 N–H and O–H groups in total. The molecule has 1 saturated heterocycles. The van der Waals surface area contributed by atoms with Gasteiger partial charge in [0.2, 0.25) is 0 Å². The minimum atomic E-state index is -2.83. The van der Waals surface area contributed by atoms with Gasteiger partial charge in [-0.25, -0.2) is 8.42 Å². The highest BCUT2D eigenvalue weighted by molar-refractivity contribution is 7.91. The molecule has 0 aromatic heterocycles. The minimum absolute atomic E-state index is 0.0693. The Labute approximate surface area is 96.8 Å². The normalized spacial score (nSPS) is 24.2. The van der Waals surface area contributed by atoms with Crippen molar-refractivity contribution in [2.75, 3.05) is 18.1 Å². The number of benzene rings is 1. The predicted molar refractivity (Wildman–Crippen MR) is 65.3 cm³/mol. The van der Waals surface area contributed by atoms with Crippen LogP contribution in [-0.2, 0) is 16.3 Å². The zero-order chi connectivity index (χ0) is 11.6. The quantitative estimate of drug-likeness (QED) is 0.835. The van der Waals surface area contributed by atoms with Crippen LogP contribution in [0.3, 0.4) is 0 Å². The molecule has 0 amide bonds. The molecule has 0 spiro atoms. The van der Waals surface area contributed by atoms with Crippen molar-refractivity contribution in [1.82, 2.24) is 5.32 Å². The van der Waals surface area contributed by atoms with Gasteiger partial charge in [-0.3, -0.25) is 0 Å². The second kappa shape index (κ2) is 4.55. The Morgan fingerprint density at radius 2 is 2.12 bits per heavy atom. The van der Waals surface area contributed by atoms with Crippen LogP contribution in [-0.4, -0.2) is 32.5 Å². The van der Waals surface area contributed by atoms with Crippen LogP contribution in [0.1, 0.15) is 11.1 Å². The summed E-state index contributed by atoms with van der Waals surface area (Å²) in [6.45, 7) is 2.64. The molecule has 1 aromatic rings. The maximum atomic E-state index is 11.5. The molecule has 88 valence electrons. The van der Waals surface area contributed by atoms with Gasteiger partial charge in [0.1, 0.15) is 0 Å². The van der Waals surface area contributed by atoms with E-state index >= 15 is 0 Å². The lowest BCUT2D eigenvalue weighted by atomic mass is 10.0. The van der Waals surface area contributed by atoms with Gasteiger partial charge >= 0.3 is 0 Å². The van der Waals surface area contributed by atoms with Crippen molar-refractivity contribution in [3.63, 3.8) is 0 Å². The van der Waals surface area contributed by atoms with Crippen LogP contribution >= 0.6 is 0 Å². The average molecular weight is 239 g/mol. The first-order valence-electron chi connectivity index (χ1n) is 5.55. The van der Waals surface area contributed by atoms with Gasteiger partial charge in [-0.15, -0.1) is 0 Å². The van der Waals surface area contributed by atoms with Crippen molar-refractivity contribution >= 4 is 9.84 Å². The summed E-state index contributed by atoms with van der Waals surface area (Å²) in [5.41, 5.74) is 2.46. The van der Waals surface area contributed by atoms with E-state index in [-0.39, 0.29) is 17.5 Å². The molecule has 0 aliphatic carbocycles. The van der Waals surface area contributed by atoms with E-state index in [4.69, 9.17) is 0 Å². The van der Waals surface area contributed by atoms with Crippen molar-refractivity contribution in [1.29, 1.82) is 0 Å². The maximum Gasteiger partial charge on any atom is 0.153 e. The summed E-state index contributed by atoms with van der Waals surface area (Å²) in [4.78, 5) is 0. The van der Waals surface area contributed by atoms with Crippen LogP contribution in [0.4, 0.5) is 0 Å². The molecule has 0 bridgehead atoms. The van der Waals surface area contributed by atoms with Gasteiger partial charge in [-0.2, -0.15) is 0 Å². The van der Waals surface area contributed by atoms with Crippen LogP contribution in [0, 0.1) is 6.92 Å². The average Bonchev–Trinajstić information content (AvgIpc) is 2.20. The molecular weight excluding hydrogens is 222 g/mol. The van der Waals surface area contributed by atoms with Gasteiger partial charge in [-0.05, 0) is 24.5 Å². The number of hydrogen-bond acceptors (Lipinski definition) is 3. The highest BCUT2D eigenvalue weighted by Crippen LogP contribution is 2.12. The van der Waals surface area contributed by atoms with Gasteiger partial charge in [0, 0.05) is 12.6 Å². The third kappa shape index (κ3) is 2.83. The van der Waals surface area contributed by atoms with Crippen LogP contribution in [0.5, 0.6) is 0 Å². The molecule has 1 fully saturated rings. The van der Waals surface area contributed by atoms with Crippen molar-refractivity contribution < 1.29 is 8.42 Å². The minimum Gasteiger partial charge on any atom is -0.312 e. The zero-order valence-electron chi connectivity index (χ0n) is 9.44. The van der Waals surface area contributed by atoms with Crippen molar-refractivity contribution in [3.8, 4) is 0 Å². The third-order valence-electron chi connectivity index (χ3n) is 3.03. The molecule has 4 heteroatoms. The lowest BCUT2D eigenvalue weighted by molar-refractivity contribution is 0.515. The third-order valence-corrected chi connectivity index (χ3v) is 4.77. The lowest BCUT2D eigenvalue weighted by Gasteiger charge is -2.24. The molecule has 16 heavy (non-hydrogen) atoms. The molecule has 2 rings (SSSR count). The van der Waals surface area contributed by atoms with Gasteiger partial charge in [-0.1, -0.05) is 24.3 Å². The topological polar surface area (TPSA) is 46.2 Å². The summed E-state index contributed by atoms with van der Waals surface area (Å²) in [5, 5.41) is 3.27. The first kappa shape index (κ1) is 11.6. The van der Waals surface area contributed by atoms with Gasteiger partial charge in [0.05, 0.1) is 11.5 Å². The molecule has 0 saturated carbocycles. The number of hydrogen-bond donors (Lipinski definition) is 1. The Morgan fingerprint density at radius 1 is 1.38 bits per heavy atom. The van der Waals surface area contributed by atoms with Gasteiger partial charge in [0.25, 0.3) is 0 Å². The molecule has 1 aromatic carbocycles. The molecule has 1 atom stereocenters. The second-order valence-electron chi connectivity index (χ2n) is 4.40. The molecule has 1 unspecified atom stereocenters. The molecule has 0 radical (unpaired) electrons. The molecule has 1 aliphatic heterocycles. The summed E-state index contributed by atoms with van der Waals surface area (Å²) >= 11 is 0. The molecule has 1 aliphatic rings. The van der Waals surface area contributed by atoms with Crippen LogP contribution < -0.4 is 5.32 Å². The summed E-state index contributed by atoms with van der Waals surface area (Å²) in [5.74, 6) is 0.540. The van der Waals surface area contributed by atoms with E-state index in [1.807, 2.05) is 12.1 Å². The van der Waals surface area contributed by atoms with Crippen LogP contribution in [0.25, 0.3) is 0 Å². The van der Waals surface area contributed by atoms with Gasteiger partial charge < -0.3 is 5.32 Å². The Hall–Kier alpha value is -0.870. The van der Waals surface area contributed by atoms with E-state index in [0.29, 0.717) is 6.54 Å². The fraction of sp³-hybridized carbons (Fsp3) is 0.500. The first-order chi connectivity index (χ1) is 7.57. The fourth-order valence-corrected chi connectivity index (χ4v) is 3.55. The standard InChI is InChI=1S/C12H17NO2S/c1-10-4-2-3-5-11(10)8-12-9-16(14,15)7-6-13-12/h2-5,12-13H,6-9H2,1H3. The first-order valence-corrected chi connectivity index (χ1v) is 7.37. The predicted octanol–water partition coefficient (Wildman–Crippen LogP) is 0.924. The number of rotatable bonds is 2. The number of nitrogens with one attached hydrogen (secondary N) is 1. The maximum absolute atomic E-state index is 11.5. The summed E-state index contributed by atoms with van der Waals surface area (Å²) in [7, 11) is -2.83. The van der Waals surface area contributed by atoms with E-state index in [1.165, 1.54) is 11.1 Å². The lowest BCUT2D eigenvalue weighted by Crippen LogP contribution is -2.46. The summed E-state index contributed by atoms with van der Waals surface area (Å²) in [6.07, 6.45) is 0.798. The monoisotopic (exact) mass is 239 g/mol. The molecular formula is C12H17NO2S. The Bertz CT molecular complexity index is 468. The van der Waals surface area contributed by atoms with Crippen molar-refractivity contribution in [2.45, 2.75) is 19.4 Å². The fourth-order valence-electron chi connectivity index (χ4n) is 2.10. The number of aryl methyl sites for hydroxylation is 1. The molecule has 1 heterocycles. The molecule has 3 nitrogen and oxygen atoms in total. The van der Waals surface area contributed by atoms with Crippen molar-refractivity contribution in [2.24, 2.45) is 0 Å². The van der Waals surface area contributed by atoms with E-state index < -0.39 is 9.84 Å². The van der Waals surface area contributed by atoms with E-state index in [2.05, 4.69) is 24.4 Å². The highest BCUT2D eigenvalue weighted by Gasteiger charge is 2.24. The van der Waals surface area contributed by atoms with Crippen LogP contribution in [0.2, 0.25) is 0 Å². The largest absolute Gasteiger partial charge is 0.312 e. The van der Waals surface area contributed by atoms with E-state index in [9.17, 15) is 8.42 Å². The smallest absolute Gasteiger partial charge is 0.153 e. The summed E-state index contributed by atoms with van der Waals surface area (Å²) in [6, 6.07) is 8.20. The zero-order valence-corrected chi connectivity index (χ0v) is 10.3. The van der Waals surface area contributed by atoms with E-state index in [1.54, 1.807) is 0 Å². The second-order valence-corrected chi connectivity index (χ2v) is 6.62. The highest BCUT2D eigenvalue weighted by atomic mass is 32.2. The Morgan fingerprint density at radius 3 is 2.81 bits per heavy atom.